The summed E-state index contributed by atoms with van der Waals surface area (Å²) in [6.45, 7) is 2.87. The second kappa shape index (κ2) is 15.2. The van der Waals surface area contributed by atoms with Gasteiger partial charge in [-0.2, -0.15) is 0 Å². The van der Waals surface area contributed by atoms with Crippen molar-refractivity contribution in [1.82, 2.24) is 41.2 Å². The summed E-state index contributed by atoms with van der Waals surface area (Å²) in [4.78, 5) is 41.6. The van der Waals surface area contributed by atoms with Gasteiger partial charge in [0.05, 0.1) is 48.0 Å². The summed E-state index contributed by atoms with van der Waals surface area (Å²) in [6, 6.07) is 11.4. The molecular weight excluding hydrogens is 655 g/mol. The van der Waals surface area contributed by atoms with E-state index < -0.39 is 0 Å². The van der Waals surface area contributed by atoms with Crippen molar-refractivity contribution in [3.05, 3.63) is 70.2 Å². The molecule has 4 aromatic rings. The lowest BCUT2D eigenvalue weighted by atomic mass is 9.98. The van der Waals surface area contributed by atoms with E-state index in [1.54, 1.807) is 26.6 Å². The number of carbonyl (C=O) groups is 2. The van der Waals surface area contributed by atoms with Crippen molar-refractivity contribution in [1.29, 1.82) is 0 Å². The summed E-state index contributed by atoms with van der Waals surface area (Å²) >= 11 is 14.1. The van der Waals surface area contributed by atoms with Crippen LogP contribution in [0.15, 0.2) is 48.8 Å². The van der Waals surface area contributed by atoms with Crippen molar-refractivity contribution >= 4 is 35.0 Å². The number of nitrogens with zero attached hydrogens (tertiary/aromatic N) is 4. The molecule has 0 radical (unpaired) electrons. The van der Waals surface area contributed by atoms with Crippen LogP contribution < -0.4 is 30.7 Å². The molecule has 12 nitrogen and oxygen atoms in total. The van der Waals surface area contributed by atoms with Crippen LogP contribution in [-0.2, 0) is 22.7 Å². The third kappa shape index (κ3) is 7.52. The molecule has 0 bridgehead atoms. The summed E-state index contributed by atoms with van der Waals surface area (Å²) in [6.07, 6.45) is 5.23. The Bertz CT molecular complexity index is 1690. The van der Waals surface area contributed by atoms with Gasteiger partial charge in [0.1, 0.15) is 11.4 Å². The summed E-state index contributed by atoms with van der Waals surface area (Å²) in [5.74, 6) is 1.18. The van der Waals surface area contributed by atoms with Gasteiger partial charge in [-0.1, -0.05) is 59.6 Å². The molecule has 2 aliphatic heterocycles. The number of aromatic nitrogens is 4. The maximum atomic E-state index is 11.5. The highest BCUT2D eigenvalue weighted by Crippen LogP contribution is 2.42. The first-order chi connectivity index (χ1) is 23.3. The summed E-state index contributed by atoms with van der Waals surface area (Å²) in [5.41, 5.74) is 5.18. The Kier molecular flexibility index (Phi) is 10.7. The monoisotopic (exact) mass is 690 g/mol. The number of halogens is 2. The lowest BCUT2D eigenvalue weighted by molar-refractivity contribution is -0.120. The average molecular weight is 692 g/mol. The Morgan fingerprint density at radius 1 is 0.792 bits per heavy atom. The highest BCUT2D eigenvalue weighted by Gasteiger charge is 2.23. The molecule has 2 atom stereocenters. The van der Waals surface area contributed by atoms with Gasteiger partial charge in [-0.3, -0.25) is 19.6 Å². The van der Waals surface area contributed by atoms with Crippen molar-refractivity contribution in [2.45, 2.75) is 38.4 Å². The van der Waals surface area contributed by atoms with E-state index in [-0.39, 0.29) is 23.8 Å². The number of hydrogen-bond acceptors (Lipinski definition) is 10. The van der Waals surface area contributed by atoms with Crippen molar-refractivity contribution < 1.29 is 19.1 Å². The zero-order valence-electron chi connectivity index (χ0n) is 26.6. The molecule has 2 saturated heterocycles. The van der Waals surface area contributed by atoms with Gasteiger partial charge in [-0.05, 0) is 12.3 Å². The number of ether oxygens (including phenoxy) is 2. The molecule has 2 amide bonds. The Morgan fingerprint density at radius 3 is 1.81 bits per heavy atom. The van der Waals surface area contributed by atoms with Crippen molar-refractivity contribution in [2.75, 3.05) is 33.9 Å². The molecule has 2 aromatic carbocycles. The van der Waals surface area contributed by atoms with E-state index >= 15 is 0 Å². The van der Waals surface area contributed by atoms with Gasteiger partial charge in [0.25, 0.3) is 0 Å². The molecule has 48 heavy (non-hydrogen) atoms. The fourth-order valence-corrected chi connectivity index (χ4v) is 6.55. The Morgan fingerprint density at radius 2 is 1.33 bits per heavy atom. The molecule has 0 unspecified atom stereocenters. The third-order valence-corrected chi connectivity index (χ3v) is 9.22. The van der Waals surface area contributed by atoms with Crippen molar-refractivity contribution in [3.63, 3.8) is 0 Å². The minimum Gasteiger partial charge on any atom is -0.480 e. The predicted molar refractivity (Wildman–Crippen MR) is 183 cm³/mol. The maximum absolute atomic E-state index is 11.5. The molecule has 6 rings (SSSR count). The summed E-state index contributed by atoms with van der Waals surface area (Å²) in [5, 5.41) is 13.4. The number of methoxy groups -OCH3 is 2. The number of carbonyl (C=O) groups excluding carboxylic acids is 2. The summed E-state index contributed by atoms with van der Waals surface area (Å²) in [7, 11) is 3.11. The molecule has 4 N–H and O–H groups in total. The lowest BCUT2D eigenvalue weighted by Gasteiger charge is -2.15. The Labute approximate surface area is 288 Å². The first-order valence-corrected chi connectivity index (χ1v) is 16.5. The molecule has 0 aliphatic carbocycles. The highest BCUT2D eigenvalue weighted by atomic mass is 35.5. The van der Waals surface area contributed by atoms with Gasteiger partial charge in [0, 0.05) is 73.9 Å². The molecule has 2 aromatic heterocycles. The van der Waals surface area contributed by atoms with Crippen LogP contribution >= 0.6 is 23.2 Å². The first-order valence-electron chi connectivity index (χ1n) is 15.7. The first kappa shape index (κ1) is 33.5. The predicted octanol–water partition coefficient (Wildman–Crippen LogP) is 4.19. The number of nitrogens with one attached hydrogen (secondary N) is 4. The second-order valence-corrected chi connectivity index (χ2v) is 12.5. The van der Waals surface area contributed by atoms with Crippen LogP contribution in [0.2, 0.25) is 10.0 Å². The fraction of sp³-hybridized carbons (Fsp3) is 0.353. The average Bonchev–Trinajstić information content (AvgIpc) is 3.72. The number of amides is 2. The third-order valence-electron chi connectivity index (χ3n) is 8.40. The van der Waals surface area contributed by atoms with Crippen molar-refractivity contribution in [3.8, 4) is 45.4 Å². The van der Waals surface area contributed by atoms with Gasteiger partial charge < -0.3 is 30.7 Å². The van der Waals surface area contributed by atoms with E-state index in [0.29, 0.717) is 112 Å². The zero-order chi connectivity index (χ0) is 33.6. The second-order valence-electron chi connectivity index (χ2n) is 11.7. The van der Waals surface area contributed by atoms with E-state index in [4.69, 9.17) is 42.6 Å². The molecule has 2 aliphatic rings. The summed E-state index contributed by atoms with van der Waals surface area (Å²) < 4.78 is 11.1. The highest BCUT2D eigenvalue weighted by molar-refractivity contribution is 6.39. The molecular formula is C34H36Cl2N8O4. The van der Waals surface area contributed by atoms with E-state index in [1.807, 2.05) is 36.4 Å². The smallest absolute Gasteiger partial charge is 0.237 e. The molecule has 0 spiro atoms. The quantitative estimate of drug-likeness (QED) is 0.161. The van der Waals surface area contributed by atoms with Crippen LogP contribution in [0.5, 0.6) is 11.8 Å². The molecule has 4 heterocycles. The van der Waals surface area contributed by atoms with Gasteiger partial charge in [-0.25, -0.2) is 9.97 Å². The molecule has 14 heteroatoms. The van der Waals surface area contributed by atoms with Gasteiger partial charge >= 0.3 is 0 Å². The lowest BCUT2D eigenvalue weighted by Crippen LogP contribution is -2.35. The molecule has 0 saturated carbocycles. The van der Waals surface area contributed by atoms with Crippen LogP contribution in [-0.4, -0.2) is 71.6 Å². The Hall–Kier alpha value is -4.36. The normalized spacial score (nSPS) is 17.3. The fourth-order valence-electron chi connectivity index (χ4n) is 5.90. The minimum absolute atomic E-state index is 0.0799. The number of hydrogen-bond donors (Lipinski definition) is 4. The maximum Gasteiger partial charge on any atom is 0.237 e. The standard InChI is InChI=1S/C34H36Cl2N8O4/c1-47-33-27(15-37-12-19-11-30(46)41-13-19)39-17-25(43-33)23-7-3-5-21(31(23)35)22-6-4-8-24(32(22)36)26-18-40-28(34(44-26)48-2)16-38-14-20-9-10-29(45)42-20/h3-8,17-20,37-38H,9-16H2,1-2H3,(H,41,46)(H,42,45)/t19-,20+/m1/s1. The minimum atomic E-state index is 0.0799. The Balaban J connectivity index is 1.20. The van der Waals surface area contributed by atoms with Crippen molar-refractivity contribution in [2.24, 2.45) is 5.92 Å². The van der Waals surface area contributed by atoms with E-state index in [2.05, 4.69) is 31.2 Å². The number of rotatable bonds is 13. The van der Waals surface area contributed by atoms with E-state index in [0.717, 1.165) is 6.42 Å². The van der Waals surface area contributed by atoms with Gasteiger partial charge in [-0.15, -0.1) is 0 Å². The van der Waals surface area contributed by atoms with Gasteiger partial charge in [0.15, 0.2) is 0 Å². The van der Waals surface area contributed by atoms with Crippen LogP contribution in [0.1, 0.15) is 30.7 Å². The topological polar surface area (TPSA) is 152 Å². The van der Waals surface area contributed by atoms with Crippen LogP contribution in [0.3, 0.4) is 0 Å². The van der Waals surface area contributed by atoms with E-state index in [1.165, 1.54) is 0 Å². The molecule has 250 valence electrons. The SMILES string of the molecule is COc1nc(-c2cccc(-c3cccc(-c4cnc(CNC[C@@H]5CCC(=O)N5)c(OC)n4)c3Cl)c2Cl)cnc1CNC[C@@H]1CNC(=O)C1. The largest absolute Gasteiger partial charge is 0.480 e. The van der Waals surface area contributed by atoms with Crippen LogP contribution in [0, 0.1) is 5.92 Å². The van der Waals surface area contributed by atoms with E-state index in [9.17, 15) is 9.59 Å². The van der Waals surface area contributed by atoms with Gasteiger partial charge in [0.2, 0.25) is 23.6 Å². The molecule has 2 fully saturated rings. The van der Waals surface area contributed by atoms with Crippen LogP contribution in [0.4, 0.5) is 0 Å². The number of benzene rings is 2. The zero-order valence-corrected chi connectivity index (χ0v) is 28.1. The van der Waals surface area contributed by atoms with Crippen LogP contribution in [0.25, 0.3) is 33.6 Å².